The molecule has 0 radical (unpaired) electrons. The van der Waals surface area contributed by atoms with E-state index in [1.54, 1.807) is 6.92 Å². The summed E-state index contributed by atoms with van der Waals surface area (Å²) < 4.78 is 16.9. The molecule has 0 bridgehead atoms. The highest BCUT2D eigenvalue weighted by atomic mass is 16.6. The Balaban J connectivity index is 1.06. The number of fused-ring (bicyclic) bond motifs is 5. The summed E-state index contributed by atoms with van der Waals surface area (Å²) in [6, 6.07) is -4.76. The normalized spacial score (nSPS) is 35.0. The molecule has 17 atom stereocenters. The van der Waals surface area contributed by atoms with Crippen LogP contribution in [-0.4, -0.2) is 118 Å². The monoisotopic (exact) mass is 932 g/mol. The highest BCUT2D eigenvalue weighted by Crippen LogP contribution is 2.67. The van der Waals surface area contributed by atoms with E-state index in [0.29, 0.717) is 23.7 Å². The van der Waals surface area contributed by atoms with Gasteiger partial charge in [-0.3, -0.25) is 24.0 Å². The first-order valence-electron chi connectivity index (χ1n) is 24.6. The van der Waals surface area contributed by atoms with E-state index in [-0.39, 0.29) is 24.4 Å². The lowest BCUT2D eigenvalue weighted by Crippen LogP contribution is -2.65. The van der Waals surface area contributed by atoms with Crippen LogP contribution in [0.3, 0.4) is 0 Å². The molecule has 4 fully saturated rings. The van der Waals surface area contributed by atoms with Gasteiger partial charge in [0.25, 0.3) is 0 Å². The molecule has 4 aliphatic carbocycles. The van der Waals surface area contributed by atoms with Crippen molar-refractivity contribution in [2.45, 2.75) is 207 Å². The van der Waals surface area contributed by atoms with Crippen LogP contribution in [0.5, 0.6) is 0 Å². The van der Waals surface area contributed by atoms with Crippen molar-refractivity contribution in [2.75, 3.05) is 6.61 Å². The predicted octanol–water partition coefficient (Wildman–Crippen LogP) is 3.05. The van der Waals surface area contributed by atoms with Crippen LogP contribution in [-0.2, 0) is 43.0 Å². The number of hydrogen-bond acceptors (Lipinski definition) is 12. The topological polar surface area (TPSA) is 265 Å². The van der Waals surface area contributed by atoms with Gasteiger partial charge in [0.15, 0.2) is 6.29 Å². The smallest absolute Gasteiger partial charge is 0.328 e. The molecule has 0 aromatic heterocycles. The minimum atomic E-state index is -1.67. The minimum Gasteiger partial charge on any atom is -0.461 e. The van der Waals surface area contributed by atoms with Gasteiger partial charge in [0.05, 0.1) is 6.61 Å². The maximum atomic E-state index is 13.3. The first-order valence-corrected chi connectivity index (χ1v) is 24.6. The zero-order valence-corrected chi connectivity index (χ0v) is 40.8. The Labute approximate surface area is 391 Å². The Bertz CT molecular complexity index is 1780. The van der Waals surface area contributed by atoms with Gasteiger partial charge in [0.2, 0.25) is 29.5 Å². The average Bonchev–Trinajstić information content (AvgIpc) is 3.61. The van der Waals surface area contributed by atoms with Crippen molar-refractivity contribution in [1.82, 2.24) is 21.3 Å². The highest BCUT2D eigenvalue weighted by Gasteiger charge is 2.59. The lowest BCUT2D eigenvalue weighted by Gasteiger charge is -2.58. The Morgan fingerprint density at radius 1 is 0.879 bits per heavy atom. The number of esters is 1. The van der Waals surface area contributed by atoms with Crippen molar-refractivity contribution in [1.29, 1.82) is 0 Å². The van der Waals surface area contributed by atoms with Gasteiger partial charge in [-0.25, -0.2) is 4.79 Å². The molecule has 1 aliphatic heterocycles. The maximum Gasteiger partial charge on any atom is 0.328 e. The Kier molecular flexibility index (Phi) is 18.3. The van der Waals surface area contributed by atoms with Crippen LogP contribution < -0.4 is 27.0 Å². The number of nitrogens with one attached hydrogen (secondary N) is 4. The van der Waals surface area contributed by atoms with Crippen LogP contribution in [0.25, 0.3) is 0 Å². The van der Waals surface area contributed by atoms with Crippen LogP contribution in [0, 0.1) is 46.3 Å². The van der Waals surface area contributed by atoms with Crippen molar-refractivity contribution in [3.8, 4) is 0 Å². The van der Waals surface area contributed by atoms with Crippen molar-refractivity contribution in [3.05, 3.63) is 11.6 Å². The molecule has 5 rings (SSSR count). The number of rotatable bonds is 20. The van der Waals surface area contributed by atoms with Crippen molar-refractivity contribution < 1.29 is 58.3 Å². The third-order valence-electron chi connectivity index (χ3n) is 16.3. The van der Waals surface area contributed by atoms with E-state index in [1.165, 1.54) is 71.3 Å². The molecule has 5 aliphatic rings. The second-order valence-electron chi connectivity index (χ2n) is 21.3. The van der Waals surface area contributed by atoms with Crippen LogP contribution in [0.1, 0.15) is 146 Å². The molecule has 1 heterocycles. The number of aliphatic hydroxyl groups excluding tert-OH is 3. The van der Waals surface area contributed by atoms with Gasteiger partial charge in [0, 0.05) is 19.8 Å². The fourth-order valence-corrected chi connectivity index (χ4v) is 12.6. The van der Waals surface area contributed by atoms with Gasteiger partial charge in [-0.1, -0.05) is 65.5 Å². The second-order valence-corrected chi connectivity index (χ2v) is 21.3. The second kappa shape index (κ2) is 22.6. The molecule has 2 unspecified atom stereocenters. The van der Waals surface area contributed by atoms with Crippen LogP contribution in [0.2, 0.25) is 0 Å². The summed E-state index contributed by atoms with van der Waals surface area (Å²) in [4.78, 5) is 76.5. The number of nitrogens with two attached hydrogens (primary N) is 1. The Morgan fingerprint density at radius 3 is 2.24 bits per heavy atom. The van der Waals surface area contributed by atoms with Gasteiger partial charge < -0.3 is 56.5 Å². The van der Waals surface area contributed by atoms with Crippen molar-refractivity contribution in [3.63, 3.8) is 0 Å². The van der Waals surface area contributed by atoms with E-state index in [2.05, 4.69) is 62.0 Å². The first kappa shape index (κ1) is 53.3. The molecule has 0 aromatic carbocycles. The first-order chi connectivity index (χ1) is 31.0. The van der Waals surface area contributed by atoms with Crippen LogP contribution in [0.4, 0.5) is 0 Å². The third-order valence-corrected chi connectivity index (χ3v) is 16.3. The standard InChI is InChI=1S/C49H81N5O12/c1-25(2)11-10-12-26(3)34-15-16-35-33-14-13-31-23-32(19-21-48(31,8)36(33)20-22-49(34,35)9)65-46(62)28(5)51-39(57)18-17-37(43(50)59)54-44(60)27(4)52-45(61)29(6)64-42-40(53-30(7)56)47(63)66-38(24-55)41(42)58/h13,25-29,32-38,40-42,47,55,58,63H,10-12,14-24H2,1-9H3,(H2,50,59)(H,51,57)(H,52,61)(H,53,56)(H,54,60)/t26-,27+,28?,29-,32+,33+,34-,35+,36+,37-,38-,40-,41-,42-,47?,48+,49-/m1/s1. The van der Waals surface area contributed by atoms with E-state index >= 15 is 0 Å². The minimum absolute atomic E-state index is 0.0994. The molecule has 5 amide bonds. The summed E-state index contributed by atoms with van der Waals surface area (Å²) >= 11 is 0. The Morgan fingerprint density at radius 2 is 1.59 bits per heavy atom. The molecule has 3 saturated carbocycles. The number of hydrogen-bond donors (Lipinski definition) is 8. The van der Waals surface area contributed by atoms with E-state index in [1.807, 2.05) is 0 Å². The molecule has 66 heavy (non-hydrogen) atoms. The van der Waals surface area contributed by atoms with Crippen molar-refractivity contribution in [2.24, 2.45) is 52.1 Å². The lowest BCUT2D eigenvalue weighted by molar-refractivity contribution is -0.266. The van der Waals surface area contributed by atoms with Gasteiger partial charge in [-0.15, -0.1) is 0 Å². The number of aliphatic hydroxyl groups is 3. The molecule has 0 aromatic rings. The number of allylic oxidation sites excluding steroid dienone is 1. The zero-order chi connectivity index (χ0) is 48.8. The lowest BCUT2D eigenvalue weighted by atomic mass is 9.47. The molecule has 0 spiro atoms. The number of amides is 5. The largest absolute Gasteiger partial charge is 0.461 e. The molecule has 9 N–H and O–H groups in total. The number of carbonyl (C=O) groups excluding carboxylic acids is 6. The van der Waals surface area contributed by atoms with Crippen LogP contribution in [0.15, 0.2) is 11.6 Å². The van der Waals surface area contributed by atoms with E-state index in [0.717, 1.165) is 42.9 Å². The molecular weight excluding hydrogens is 851 g/mol. The van der Waals surface area contributed by atoms with E-state index < -0.39 is 97.0 Å². The fraction of sp³-hybridized carbons (Fsp3) is 0.837. The van der Waals surface area contributed by atoms with E-state index in [9.17, 15) is 44.1 Å². The fourth-order valence-electron chi connectivity index (χ4n) is 12.6. The van der Waals surface area contributed by atoms with Gasteiger partial charge >= 0.3 is 5.97 Å². The average molecular weight is 932 g/mol. The van der Waals surface area contributed by atoms with Gasteiger partial charge in [0.1, 0.15) is 54.7 Å². The van der Waals surface area contributed by atoms with Gasteiger partial charge in [-0.2, -0.15) is 0 Å². The highest BCUT2D eigenvalue weighted by molar-refractivity contribution is 5.92. The summed E-state index contributed by atoms with van der Waals surface area (Å²) in [6.07, 6.45) is 7.28. The molecule has 17 heteroatoms. The predicted molar refractivity (Wildman–Crippen MR) is 244 cm³/mol. The maximum absolute atomic E-state index is 13.3. The third kappa shape index (κ3) is 12.3. The van der Waals surface area contributed by atoms with Gasteiger partial charge in [-0.05, 0) is 118 Å². The summed E-state index contributed by atoms with van der Waals surface area (Å²) in [5.74, 6) is 0.238. The zero-order valence-electron chi connectivity index (χ0n) is 40.8. The summed E-state index contributed by atoms with van der Waals surface area (Å²) in [5, 5.41) is 40.5. The molecular formula is C49H81N5O12. The van der Waals surface area contributed by atoms with E-state index in [4.69, 9.17) is 19.9 Å². The quantitative estimate of drug-likeness (QED) is 0.0647. The van der Waals surface area contributed by atoms with Crippen LogP contribution >= 0.6 is 0 Å². The summed E-state index contributed by atoms with van der Waals surface area (Å²) in [5.41, 5.74) is 7.48. The Hall–Kier alpha value is -3.64. The number of primary amides is 1. The molecule has 374 valence electrons. The summed E-state index contributed by atoms with van der Waals surface area (Å²) in [7, 11) is 0. The molecule has 1 saturated heterocycles. The molecule has 17 nitrogen and oxygen atoms in total. The number of ether oxygens (including phenoxy) is 3. The SMILES string of the molecule is CC(=O)N[C@H]1C(O)O[C@H](CO)[C@@H](O)[C@@H]1O[C@H](C)C(=O)N[C@@H](C)C(=O)N[C@H](CCC(=O)NC(C)C(=O)O[C@H]1CC[C@@]2(C)C(=CC[C@H]3[C@@H]4CC[C@H]([C@H](C)CCCC(C)C)[C@@]4(C)CC[C@@H]32)C1)C(N)=O. The summed E-state index contributed by atoms with van der Waals surface area (Å²) in [6.45, 7) is 16.9. The van der Waals surface area contributed by atoms with Crippen molar-refractivity contribution >= 4 is 35.5 Å². The number of carbonyl (C=O) groups is 6.